The van der Waals surface area contributed by atoms with E-state index in [2.05, 4.69) is 45.0 Å². The van der Waals surface area contributed by atoms with Crippen LogP contribution in [0.25, 0.3) is 21.7 Å². The largest absolute Gasteiger partial charge is 0.497 e. The number of pyridine rings is 1. The average Bonchev–Trinajstić information content (AvgIpc) is 2.41. The van der Waals surface area contributed by atoms with Crippen molar-refractivity contribution in [3.05, 3.63) is 47.2 Å². The van der Waals surface area contributed by atoms with Crippen molar-refractivity contribution in [3.63, 3.8) is 0 Å². The Balaban J connectivity index is 2.51. The summed E-state index contributed by atoms with van der Waals surface area (Å²) in [6.07, 6.45) is 0. The molecule has 0 N–H and O–H groups in total. The fraction of sp³-hybridized carbons (Fsp3) is 0.235. The first-order valence-corrected chi connectivity index (χ1v) is 6.45. The van der Waals surface area contributed by atoms with E-state index in [1.165, 1.54) is 27.3 Å². The summed E-state index contributed by atoms with van der Waals surface area (Å²) < 4.78 is 5.34. The highest BCUT2D eigenvalue weighted by Crippen LogP contribution is 2.30. The van der Waals surface area contributed by atoms with E-state index in [0.29, 0.717) is 0 Å². The fourth-order valence-corrected chi connectivity index (χ4v) is 2.54. The van der Waals surface area contributed by atoms with Gasteiger partial charge in [-0.2, -0.15) is 0 Å². The predicted octanol–water partition coefficient (Wildman–Crippen LogP) is 4.32. The van der Waals surface area contributed by atoms with E-state index >= 15 is 0 Å². The van der Waals surface area contributed by atoms with Crippen molar-refractivity contribution in [1.82, 2.24) is 4.98 Å². The highest BCUT2D eigenvalue weighted by atomic mass is 16.5. The van der Waals surface area contributed by atoms with Crippen molar-refractivity contribution in [3.8, 4) is 5.75 Å². The van der Waals surface area contributed by atoms with Crippen LogP contribution in [-0.4, -0.2) is 12.1 Å². The molecule has 1 aromatic heterocycles. The van der Waals surface area contributed by atoms with E-state index in [0.717, 1.165) is 17.0 Å². The molecule has 0 aliphatic carbocycles. The Morgan fingerprint density at radius 3 is 2.32 bits per heavy atom. The molecule has 96 valence electrons. The van der Waals surface area contributed by atoms with E-state index in [4.69, 9.17) is 9.72 Å². The minimum atomic E-state index is 0.887. The van der Waals surface area contributed by atoms with Crippen molar-refractivity contribution >= 4 is 21.7 Å². The molecule has 2 heteroatoms. The molecule has 0 aliphatic rings. The van der Waals surface area contributed by atoms with Gasteiger partial charge in [0, 0.05) is 16.5 Å². The summed E-state index contributed by atoms with van der Waals surface area (Å²) in [6, 6.07) is 10.6. The van der Waals surface area contributed by atoms with Crippen LogP contribution in [0.3, 0.4) is 0 Å². The summed E-state index contributed by atoms with van der Waals surface area (Å²) in [6.45, 7) is 6.33. The van der Waals surface area contributed by atoms with Gasteiger partial charge < -0.3 is 4.74 Å². The second-order valence-electron chi connectivity index (χ2n) is 5.06. The Morgan fingerprint density at radius 2 is 1.58 bits per heavy atom. The first kappa shape index (κ1) is 12.0. The number of methoxy groups -OCH3 is 1. The molecule has 3 aromatic rings. The number of hydrogen-bond donors (Lipinski definition) is 0. The zero-order valence-electron chi connectivity index (χ0n) is 11.7. The Morgan fingerprint density at radius 1 is 0.842 bits per heavy atom. The summed E-state index contributed by atoms with van der Waals surface area (Å²) in [7, 11) is 1.70. The van der Waals surface area contributed by atoms with E-state index < -0.39 is 0 Å². The molecule has 0 spiro atoms. The molecule has 2 aromatic carbocycles. The number of aryl methyl sites for hydroxylation is 3. The van der Waals surface area contributed by atoms with Gasteiger partial charge in [-0.1, -0.05) is 0 Å². The lowest BCUT2D eigenvalue weighted by molar-refractivity contribution is 0.415. The summed E-state index contributed by atoms with van der Waals surface area (Å²) in [4.78, 5) is 4.72. The maximum Gasteiger partial charge on any atom is 0.119 e. The van der Waals surface area contributed by atoms with Gasteiger partial charge in [0.15, 0.2) is 0 Å². The van der Waals surface area contributed by atoms with Gasteiger partial charge in [0.25, 0.3) is 0 Å². The Hall–Kier alpha value is -2.09. The van der Waals surface area contributed by atoms with Gasteiger partial charge in [-0.25, -0.2) is 0 Å². The van der Waals surface area contributed by atoms with Gasteiger partial charge in [-0.15, -0.1) is 0 Å². The van der Waals surface area contributed by atoms with Gasteiger partial charge in [0.2, 0.25) is 0 Å². The zero-order chi connectivity index (χ0) is 13.6. The number of ether oxygens (including phenoxy) is 1. The molecule has 0 saturated carbocycles. The van der Waals surface area contributed by atoms with Crippen LogP contribution in [0.5, 0.6) is 5.75 Å². The minimum Gasteiger partial charge on any atom is -0.497 e. The first-order chi connectivity index (χ1) is 9.10. The monoisotopic (exact) mass is 251 g/mol. The van der Waals surface area contributed by atoms with Gasteiger partial charge in [-0.3, -0.25) is 4.98 Å². The lowest BCUT2D eigenvalue weighted by Gasteiger charge is -2.10. The summed E-state index contributed by atoms with van der Waals surface area (Å²) in [5, 5.41) is 3.60. The highest BCUT2D eigenvalue weighted by molar-refractivity contribution is 6.07. The second-order valence-corrected chi connectivity index (χ2v) is 5.06. The number of fused-ring (bicyclic) bond motifs is 3. The van der Waals surface area contributed by atoms with Crippen molar-refractivity contribution in [1.29, 1.82) is 0 Å². The highest BCUT2D eigenvalue weighted by Gasteiger charge is 2.08. The van der Waals surface area contributed by atoms with Crippen LogP contribution in [0.2, 0.25) is 0 Å². The summed E-state index contributed by atoms with van der Waals surface area (Å²) in [5.41, 5.74) is 4.69. The van der Waals surface area contributed by atoms with Crippen LogP contribution in [0, 0.1) is 20.8 Å². The molecule has 0 fully saturated rings. The topological polar surface area (TPSA) is 22.1 Å². The minimum absolute atomic E-state index is 0.887. The molecule has 1 heterocycles. The molecule has 0 unspecified atom stereocenters. The number of aromatic nitrogens is 1. The standard InChI is InChI=1S/C17H17NO/c1-10-7-16-15-9-13(19-4)5-6-14(15)12(3)18-17(16)8-11(10)2/h5-9H,1-4H3. The third-order valence-corrected chi connectivity index (χ3v) is 3.81. The molecule has 0 aliphatic heterocycles. The normalized spacial score (nSPS) is 11.2. The van der Waals surface area contributed by atoms with Crippen LogP contribution < -0.4 is 4.74 Å². The van der Waals surface area contributed by atoms with E-state index in [9.17, 15) is 0 Å². The molecule has 3 rings (SSSR count). The van der Waals surface area contributed by atoms with Crippen LogP contribution in [-0.2, 0) is 0 Å². The maximum absolute atomic E-state index is 5.34. The number of rotatable bonds is 1. The van der Waals surface area contributed by atoms with E-state index in [1.54, 1.807) is 7.11 Å². The average molecular weight is 251 g/mol. The van der Waals surface area contributed by atoms with Crippen molar-refractivity contribution < 1.29 is 4.74 Å². The van der Waals surface area contributed by atoms with Crippen molar-refractivity contribution in [2.24, 2.45) is 0 Å². The maximum atomic E-state index is 5.34. The lowest BCUT2D eigenvalue weighted by Crippen LogP contribution is -1.91. The summed E-state index contributed by atoms with van der Waals surface area (Å²) >= 11 is 0. The predicted molar refractivity (Wildman–Crippen MR) is 80.0 cm³/mol. The zero-order valence-corrected chi connectivity index (χ0v) is 11.7. The van der Waals surface area contributed by atoms with Crippen LogP contribution in [0.4, 0.5) is 0 Å². The molecule has 19 heavy (non-hydrogen) atoms. The van der Waals surface area contributed by atoms with Crippen molar-refractivity contribution in [2.75, 3.05) is 7.11 Å². The Kier molecular flexibility index (Phi) is 2.67. The molecule has 0 bridgehead atoms. The third kappa shape index (κ3) is 1.84. The van der Waals surface area contributed by atoms with Gasteiger partial charge in [0.05, 0.1) is 12.6 Å². The van der Waals surface area contributed by atoms with E-state index in [-0.39, 0.29) is 0 Å². The molecular weight excluding hydrogens is 234 g/mol. The third-order valence-electron chi connectivity index (χ3n) is 3.81. The van der Waals surface area contributed by atoms with Crippen LogP contribution in [0.1, 0.15) is 16.8 Å². The molecule has 2 nitrogen and oxygen atoms in total. The summed E-state index contributed by atoms with van der Waals surface area (Å²) in [5.74, 6) is 0.887. The van der Waals surface area contributed by atoms with Crippen LogP contribution in [0.15, 0.2) is 30.3 Å². The van der Waals surface area contributed by atoms with E-state index in [1.807, 2.05) is 6.07 Å². The molecule has 0 atom stereocenters. The smallest absolute Gasteiger partial charge is 0.119 e. The first-order valence-electron chi connectivity index (χ1n) is 6.45. The Labute approximate surface area is 113 Å². The molecule has 0 radical (unpaired) electrons. The molecule has 0 amide bonds. The molecular formula is C17H17NO. The number of nitrogens with zero attached hydrogens (tertiary/aromatic N) is 1. The molecule has 0 saturated heterocycles. The quantitative estimate of drug-likeness (QED) is 0.601. The number of benzene rings is 2. The van der Waals surface area contributed by atoms with Gasteiger partial charge >= 0.3 is 0 Å². The van der Waals surface area contributed by atoms with Gasteiger partial charge in [0.1, 0.15) is 5.75 Å². The number of hydrogen-bond acceptors (Lipinski definition) is 2. The fourth-order valence-electron chi connectivity index (χ4n) is 2.54. The van der Waals surface area contributed by atoms with Crippen LogP contribution >= 0.6 is 0 Å². The SMILES string of the molecule is COc1ccc2c(C)nc3cc(C)c(C)cc3c2c1. The lowest BCUT2D eigenvalue weighted by atomic mass is 10.00. The second kappa shape index (κ2) is 4.23. The van der Waals surface area contributed by atoms with Crippen molar-refractivity contribution in [2.45, 2.75) is 20.8 Å². The van der Waals surface area contributed by atoms with Gasteiger partial charge in [-0.05, 0) is 67.6 Å². The Bertz CT molecular complexity index is 790.